The maximum Gasteiger partial charge on any atom is 0.433 e. The molecular weight excluding hydrogens is 397 g/mol. The molecule has 1 aromatic carbocycles. The van der Waals surface area contributed by atoms with Crippen LogP contribution in [-0.2, 0) is 6.18 Å². The van der Waals surface area contributed by atoms with Gasteiger partial charge in [0.25, 0.3) is 5.89 Å². The van der Waals surface area contributed by atoms with Gasteiger partial charge < -0.3 is 9.84 Å². The van der Waals surface area contributed by atoms with Gasteiger partial charge in [0.15, 0.2) is 17.3 Å². The van der Waals surface area contributed by atoms with Crippen molar-refractivity contribution >= 4 is 5.82 Å². The average Bonchev–Trinajstić information content (AvgIpc) is 3.25. The van der Waals surface area contributed by atoms with Gasteiger partial charge in [-0.15, -0.1) is 0 Å². The largest absolute Gasteiger partial charge is 0.433 e. The molecule has 10 heteroatoms. The molecule has 4 rings (SSSR count). The summed E-state index contributed by atoms with van der Waals surface area (Å²) in [6.45, 7) is 1.69. The zero-order valence-corrected chi connectivity index (χ0v) is 15.6. The van der Waals surface area contributed by atoms with Gasteiger partial charge in [-0.25, -0.2) is 9.97 Å². The predicted octanol–water partition coefficient (Wildman–Crippen LogP) is 4.78. The number of hydrogen-bond acceptors (Lipinski definition) is 7. The van der Waals surface area contributed by atoms with Crippen molar-refractivity contribution in [3.8, 4) is 22.8 Å². The fraction of sp³-hybridized carbons (Fsp3) is 0.150. The SMILES string of the molecule is CC(Nc1cc(C(F)(F)F)nc(-c2cccnc2)n1)c1noc(-c2ccccc2)n1. The Bertz CT molecular complexity index is 1130. The minimum atomic E-state index is -4.63. The quantitative estimate of drug-likeness (QED) is 0.504. The summed E-state index contributed by atoms with van der Waals surface area (Å²) in [6, 6.07) is 12.6. The van der Waals surface area contributed by atoms with E-state index in [9.17, 15) is 13.2 Å². The van der Waals surface area contributed by atoms with Crippen LogP contribution in [0.2, 0.25) is 0 Å². The Labute approximate surface area is 169 Å². The molecule has 30 heavy (non-hydrogen) atoms. The number of aromatic nitrogens is 5. The van der Waals surface area contributed by atoms with Gasteiger partial charge in [0.1, 0.15) is 5.82 Å². The lowest BCUT2D eigenvalue weighted by Crippen LogP contribution is -2.14. The van der Waals surface area contributed by atoms with E-state index in [-0.39, 0.29) is 17.5 Å². The van der Waals surface area contributed by atoms with Gasteiger partial charge in [-0.3, -0.25) is 4.98 Å². The third-order valence-corrected chi connectivity index (χ3v) is 4.15. The molecular formula is C20H15F3N6O. The summed E-state index contributed by atoms with van der Waals surface area (Å²) in [5, 5.41) is 6.81. The number of rotatable bonds is 5. The summed E-state index contributed by atoms with van der Waals surface area (Å²) < 4.78 is 45.3. The number of alkyl halides is 3. The van der Waals surface area contributed by atoms with Crippen LogP contribution in [0.3, 0.4) is 0 Å². The van der Waals surface area contributed by atoms with E-state index in [2.05, 4.69) is 30.4 Å². The maximum atomic E-state index is 13.3. The highest BCUT2D eigenvalue weighted by molar-refractivity contribution is 5.57. The standard InChI is InChI=1S/C20H15F3N6O/c1-12(17-28-19(30-29-17)13-6-3-2-4-7-13)25-16-10-15(20(21,22)23)26-18(27-16)14-8-5-9-24-11-14/h2-12H,1H3,(H,25,26,27). The molecule has 0 amide bonds. The molecule has 0 aliphatic carbocycles. The Morgan fingerprint density at radius 2 is 1.73 bits per heavy atom. The van der Waals surface area contributed by atoms with Gasteiger partial charge in [-0.2, -0.15) is 18.2 Å². The van der Waals surface area contributed by atoms with Crippen LogP contribution >= 0.6 is 0 Å². The molecule has 0 fully saturated rings. The van der Waals surface area contributed by atoms with E-state index < -0.39 is 17.9 Å². The summed E-state index contributed by atoms with van der Waals surface area (Å²) in [7, 11) is 0. The van der Waals surface area contributed by atoms with E-state index in [1.165, 1.54) is 12.4 Å². The van der Waals surface area contributed by atoms with E-state index in [1.807, 2.05) is 30.3 Å². The topological polar surface area (TPSA) is 89.6 Å². The molecule has 7 nitrogen and oxygen atoms in total. The third kappa shape index (κ3) is 4.27. The van der Waals surface area contributed by atoms with Crippen LogP contribution in [0.4, 0.5) is 19.0 Å². The smallest absolute Gasteiger partial charge is 0.360 e. The van der Waals surface area contributed by atoms with E-state index in [0.29, 0.717) is 11.5 Å². The monoisotopic (exact) mass is 412 g/mol. The normalized spacial score (nSPS) is 12.5. The van der Waals surface area contributed by atoms with Crippen LogP contribution in [-0.4, -0.2) is 25.1 Å². The second-order valence-electron chi connectivity index (χ2n) is 6.39. The number of halogens is 3. The predicted molar refractivity (Wildman–Crippen MR) is 102 cm³/mol. The van der Waals surface area contributed by atoms with Gasteiger partial charge in [-0.05, 0) is 31.2 Å². The molecule has 0 saturated heterocycles. The summed E-state index contributed by atoms with van der Waals surface area (Å²) >= 11 is 0. The third-order valence-electron chi connectivity index (χ3n) is 4.15. The highest BCUT2D eigenvalue weighted by atomic mass is 19.4. The molecule has 0 aliphatic rings. The van der Waals surface area contributed by atoms with Gasteiger partial charge in [0.2, 0.25) is 0 Å². The van der Waals surface area contributed by atoms with Gasteiger partial charge in [-0.1, -0.05) is 23.4 Å². The average molecular weight is 412 g/mol. The number of hydrogen-bond donors (Lipinski definition) is 1. The molecule has 4 aromatic rings. The molecule has 0 radical (unpaired) electrons. The fourth-order valence-electron chi connectivity index (χ4n) is 2.69. The number of pyridine rings is 1. The maximum absolute atomic E-state index is 13.3. The first-order valence-electron chi connectivity index (χ1n) is 8.92. The summed E-state index contributed by atoms with van der Waals surface area (Å²) in [4.78, 5) is 16.1. The molecule has 0 saturated carbocycles. The van der Waals surface area contributed by atoms with Crippen molar-refractivity contribution in [2.75, 3.05) is 5.32 Å². The van der Waals surface area contributed by atoms with Crippen LogP contribution in [0.15, 0.2) is 65.4 Å². The fourth-order valence-corrected chi connectivity index (χ4v) is 2.69. The van der Waals surface area contributed by atoms with Gasteiger partial charge >= 0.3 is 6.18 Å². The Morgan fingerprint density at radius 3 is 2.43 bits per heavy atom. The van der Waals surface area contributed by atoms with Gasteiger partial charge in [0, 0.05) is 29.6 Å². The first-order valence-corrected chi connectivity index (χ1v) is 8.92. The lowest BCUT2D eigenvalue weighted by Gasteiger charge is -2.14. The first-order chi connectivity index (χ1) is 14.4. The molecule has 3 heterocycles. The van der Waals surface area contributed by atoms with Crippen LogP contribution in [0, 0.1) is 0 Å². The van der Waals surface area contributed by atoms with Crippen LogP contribution in [0.1, 0.15) is 24.5 Å². The second kappa shape index (κ2) is 7.90. The van der Waals surface area contributed by atoms with Crippen molar-refractivity contribution in [1.82, 2.24) is 25.1 Å². The van der Waals surface area contributed by atoms with E-state index in [0.717, 1.165) is 11.6 Å². The van der Waals surface area contributed by atoms with Crippen LogP contribution in [0.5, 0.6) is 0 Å². The molecule has 1 unspecified atom stereocenters. The number of benzene rings is 1. The summed E-state index contributed by atoms with van der Waals surface area (Å²) in [5.41, 5.74) is 0.0399. The van der Waals surface area contributed by atoms with Crippen LogP contribution in [0.25, 0.3) is 22.8 Å². The Kier molecular flexibility index (Phi) is 5.13. The van der Waals surface area contributed by atoms with Crippen molar-refractivity contribution in [3.05, 3.63) is 72.4 Å². The van der Waals surface area contributed by atoms with Crippen molar-refractivity contribution in [1.29, 1.82) is 0 Å². The minimum absolute atomic E-state index is 0.0188. The molecule has 152 valence electrons. The molecule has 1 N–H and O–H groups in total. The summed E-state index contributed by atoms with van der Waals surface area (Å²) in [6.07, 6.45) is -1.72. The Morgan fingerprint density at radius 1 is 0.967 bits per heavy atom. The minimum Gasteiger partial charge on any atom is -0.360 e. The van der Waals surface area contributed by atoms with E-state index in [4.69, 9.17) is 4.52 Å². The number of nitrogens with one attached hydrogen (secondary N) is 1. The molecule has 0 bridgehead atoms. The second-order valence-corrected chi connectivity index (χ2v) is 6.39. The highest BCUT2D eigenvalue weighted by Crippen LogP contribution is 2.31. The Balaban J connectivity index is 1.63. The van der Waals surface area contributed by atoms with Crippen molar-refractivity contribution in [3.63, 3.8) is 0 Å². The number of nitrogens with zero attached hydrogens (tertiary/aromatic N) is 5. The van der Waals surface area contributed by atoms with Crippen molar-refractivity contribution < 1.29 is 17.7 Å². The lowest BCUT2D eigenvalue weighted by molar-refractivity contribution is -0.141. The zero-order valence-electron chi connectivity index (χ0n) is 15.6. The molecule has 1 atom stereocenters. The van der Waals surface area contributed by atoms with Crippen LogP contribution < -0.4 is 5.32 Å². The molecule has 0 aliphatic heterocycles. The molecule has 3 aromatic heterocycles. The van der Waals surface area contributed by atoms with Gasteiger partial charge in [0.05, 0.1) is 6.04 Å². The van der Waals surface area contributed by atoms with Crippen molar-refractivity contribution in [2.45, 2.75) is 19.1 Å². The first kappa shape index (κ1) is 19.5. The number of anilines is 1. The van der Waals surface area contributed by atoms with E-state index >= 15 is 0 Å². The zero-order chi connectivity index (χ0) is 21.1. The van der Waals surface area contributed by atoms with Crippen molar-refractivity contribution in [2.24, 2.45) is 0 Å². The summed E-state index contributed by atoms with van der Waals surface area (Å²) in [5.74, 6) is 0.485. The molecule has 0 spiro atoms. The Hall–Kier alpha value is -3.82. The lowest BCUT2D eigenvalue weighted by atomic mass is 10.2. The highest BCUT2D eigenvalue weighted by Gasteiger charge is 2.34. The van der Waals surface area contributed by atoms with E-state index in [1.54, 1.807) is 19.1 Å².